The van der Waals surface area contributed by atoms with Gasteiger partial charge in [0.1, 0.15) is 12.4 Å². The number of ether oxygens (including phenoxy) is 1. The van der Waals surface area contributed by atoms with E-state index in [0.29, 0.717) is 21.9 Å². The van der Waals surface area contributed by atoms with Gasteiger partial charge in [0.15, 0.2) is 0 Å². The number of hydrogen-bond donors (Lipinski definition) is 1. The smallest absolute Gasteiger partial charge is 0.238 e. The lowest BCUT2D eigenvalue weighted by Crippen LogP contribution is -2.14. The van der Waals surface area contributed by atoms with Gasteiger partial charge in [0.25, 0.3) is 0 Å². The molecular weight excluding hydrogens is 297 g/mol. The van der Waals surface area contributed by atoms with Crippen LogP contribution < -0.4 is 9.88 Å². The Bertz CT molecular complexity index is 582. The molecule has 0 aromatic heterocycles. The first-order chi connectivity index (χ1) is 8.27. The zero-order valence-electron chi connectivity index (χ0n) is 9.91. The van der Waals surface area contributed by atoms with Crippen LogP contribution in [0.4, 0.5) is 0 Å². The summed E-state index contributed by atoms with van der Waals surface area (Å²) < 4.78 is 28.1. The van der Waals surface area contributed by atoms with Crippen molar-refractivity contribution < 1.29 is 13.2 Å². The summed E-state index contributed by atoms with van der Waals surface area (Å²) in [7, 11) is -3.72. The maximum absolute atomic E-state index is 11.3. The fourth-order valence-corrected chi connectivity index (χ4v) is 2.37. The Balaban J connectivity index is 3.09. The molecular formula is C11H13Cl2NO3S. The van der Waals surface area contributed by atoms with Gasteiger partial charge in [-0.15, -0.1) is 0 Å². The van der Waals surface area contributed by atoms with E-state index in [-0.39, 0.29) is 11.5 Å². The lowest BCUT2D eigenvalue weighted by Gasteiger charge is -2.13. The average molecular weight is 310 g/mol. The highest BCUT2D eigenvalue weighted by atomic mass is 35.5. The van der Waals surface area contributed by atoms with Crippen molar-refractivity contribution in [3.8, 4) is 5.75 Å². The molecule has 1 rings (SSSR count). The zero-order valence-corrected chi connectivity index (χ0v) is 12.2. The number of primary sulfonamides is 1. The standard InChI is InChI=1S/C11H13Cl2NO3S/c1-7-8(2)11(18(14,15)16)4-3-10(7)17-6-9(13)5-12/h3-5H,6H2,1-2H3,(H2,14,15,16)/b9-5-. The van der Waals surface area contributed by atoms with E-state index in [4.69, 9.17) is 33.1 Å². The molecule has 0 radical (unpaired) electrons. The van der Waals surface area contributed by atoms with Gasteiger partial charge in [-0.1, -0.05) is 23.2 Å². The first kappa shape index (κ1) is 15.3. The van der Waals surface area contributed by atoms with Crippen LogP contribution >= 0.6 is 23.2 Å². The Morgan fingerprint density at radius 3 is 2.50 bits per heavy atom. The predicted molar refractivity (Wildman–Crippen MR) is 72.6 cm³/mol. The van der Waals surface area contributed by atoms with Crippen LogP contribution in [0.2, 0.25) is 0 Å². The van der Waals surface area contributed by atoms with Crippen molar-refractivity contribution in [2.75, 3.05) is 6.61 Å². The summed E-state index contributed by atoms with van der Waals surface area (Å²) in [6.07, 6.45) is 0. The minimum atomic E-state index is -3.72. The van der Waals surface area contributed by atoms with E-state index in [1.54, 1.807) is 19.9 Å². The number of nitrogens with two attached hydrogens (primary N) is 1. The van der Waals surface area contributed by atoms with Crippen molar-refractivity contribution in [3.05, 3.63) is 33.8 Å². The summed E-state index contributed by atoms with van der Waals surface area (Å²) in [5.74, 6) is 0.538. The van der Waals surface area contributed by atoms with Crippen LogP contribution in [0.25, 0.3) is 0 Å². The van der Waals surface area contributed by atoms with Crippen LogP contribution in [-0.4, -0.2) is 15.0 Å². The molecule has 100 valence electrons. The highest BCUT2D eigenvalue weighted by molar-refractivity contribution is 7.89. The molecule has 7 heteroatoms. The molecule has 0 saturated heterocycles. The van der Waals surface area contributed by atoms with Gasteiger partial charge >= 0.3 is 0 Å². The van der Waals surface area contributed by atoms with E-state index in [0.717, 1.165) is 0 Å². The Labute approximate surface area is 116 Å². The number of halogens is 2. The molecule has 18 heavy (non-hydrogen) atoms. The Morgan fingerprint density at radius 1 is 1.39 bits per heavy atom. The third-order valence-electron chi connectivity index (χ3n) is 2.48. The van der Waals surface area contributed by atoms with Crippen LogP contribution in [0.5, 0.6) is 5.75 Å². The Hall–Kier alpha value is -0.750. The number of rotatable bonds is 4. The number of hydrogen-bond acceptors (Lipinski definition) is 3. The second kappa shape index (κ2) is 5.93. The molecule has 0 aliphatic rings. The lowest BCUT2D eigenvalue weighted by atomic mass is 10.1. The molecule has 0 saturated carbocycles. The minimum absolute atomic E-state index is 0.0892. The maximum atomic E-state index is 11.3. The first-order valence-electron chi connectivity index (χ1n) is 4.98. The van der Waals surface area contributed by atoms with E-state index in [9.17, 15) is 8.42 Å². The van der Waals surface area contributed by atoms with E-state index in [2.05, 4.69) is 0 Å². The van der Waals surface area contributed by atoms with E-state index in [1.807, 2.05) is 0 Å². The molecule has 0 spiro atoms. The molecule has 0 atom stereocenters. The monoisotopic (exact) mass is 309 g/mol. The van der Waals surface area contributed by atoms with Crippen LogP contribution in [-0.2, 0) is 10.0 Å². The molecule has 0 amide bonds. The van der Waals surface area contributed by atoms with Crippen LogP contribution in [0.15, 0.2) is 27.6 Å². The third kappa shape index (κ3) is 3.62. The van der Waals surface area contributed by atoms with Crippen LogP contribution in [0, 0.1) is 13.8 Å². The Kier molecular flexibility index (Phi) is 5.04. The zero-order chi connectivity index (χ0) is 13.9. The highest BCUT2D eigenvalue weighted by Gasteiger charge is 2.15. The van der Waals surface area contributed by atoms with E-state index in [1.165, 1.54) is 11.6 Å². The first-order valence-corrected chi connectivity index (χ1v) is 7.34. The van der Waals surface area contributed by atoms with Gasteiger partial charge in [0, 0.05) is 5.54 Å². The quantitative estimate of drug-likeness (QED) is 0.929. The van der Waals surface area contributed by atoms with Gasteiger partial charge in [-0.05, 0) is 37.1 Å². The molecule has 0 unspecified atom stereocenters. The topological polar surface area (TPSA) is 69.4 Å². The van der Waals surface area contributed by atoms with Gasteiger partial charge in [0.2, 0.25) is 10.0 Å². The molecule has 2 N–H and O–H groups in total. The third-order valence-corrected chi connectivity index (χ3v) is 4.13. The summed E-state index contributed by atoms with van der Waals surface area (Å²) >= 11 is 11.1. The lowest BCUT2D eigenvalue weighted by molar-refractivity contribution is 0.356. The molecule has 1 aromatic carbocycles. The van der Waals surface area contributed by atoms with Crippen molar-refractivity contribution in [2.24, 2.45) is 5.14 Å². The van der Waals surface area contributed by atoms with Gasteiger partial charge < -0.3 is 4.74 Å². The fourth-order valence-electron chi connectivity index (χ4n) is 1.41. The molecule has 4 nitrogen and oxygen atoms in total. The largest absolute Gasteiger partial charge is 0.488 e. The van der Waals surface area contributed by atoms with E-state index < -0.39 is 10.0 Å². The van der Waals surface area contributed by atoms with Gasteiger partial charge in [-0.2, -0.15) is 0 Å². The van der Waals surface area contributed by atoms with Crippen molar-refractivity contribution in [2.45, 2.75) is 18.7 Å². The SMILES string of the molecule is Cc1c(OC/C(Cl)=C/Cl)ccc(S(N)(=O)=O)c1C. The summed E-state index contributed by atoms with van der Waals surface area (Å²) in [6, 6.07) is 2.95. The van der Waals surface area contributed by atoms with Gasteiger partial charge in [-0.25, -0.2) is 13.6 Å². The fraction of sp³-hybridized carbons (Fsp3) is 0.273. The number of sulfonamides is 1. The maximum Gasteiger partial charge on any atom is 0.238 e. The minimum Gasteiger partial charge on any atom is -0.488 e. The predicted octanol–water partition coefficient (Wildman–Crippen LogP) is 2.65. The molecule has 0 bridgehead atoms. The number of benzene rings is 1. The van der Waals surface area contributed by atoms with Crippen LogP contribution in [0.3, 0.4) is 0 Å². The van der Waals surface area contributed by atoms with Crippen molar-refractivity contribution in [3.63, 3.8) is 0 Å². The highest BCUT2D eigenvalue weighted by Crippen LogP contribution is 2.27. The van der Waals surface area contributed by atoms with Gasteiger partial charge in [0.05, 0.1) is 9.93 Å². The summed E-state index contributed by atoms with van der Waals surface area (Å²) in [6.45, 7) is 3.54. The summed E-state index contributed by atoms with van der Waals surface area (Å²) in [4.78, 5) is 0.0892. The van der Waals surface area contributed by atoms with Crippen molar-refractivity contribution in [1.82, 2.24) is 0 Å². The average Bonchev–Trinajstić information content (AvgIpc) is 2.28. The Morgan fingerprint density at radius 2 is 2.00 bits per heavy atom. The van der Waals surface area contributed by atoms with Gasteiger partial charge in [-0.3, -0.25) is 0 Å². The molecule has 1 aromatic rings. The molecule has 0 aliphatic heterocycles. The molecule has 0 aliphatic carbocycles. The van der Waals surface area contributed by atoms with E-state index >= 15 is 0 Å². The second-order valence-electron chi connectivity index (χ2n) is 3.70. The van der Waals surface area contributed by atoms with Crippen molar-refractivity contribution in [1.29, 1.82) is 0 Å². The summed E-state index contributed by atoms with van der Waals surface area (Å²) in [5, 5.41) is 5.46. The normalized spacial score (nSPS) is 12.6. The van der Waals surface area contributed by atoms with Crippen LogP contribution in [0.1, 0.15) is 11.1 Å². The molecule has 0 fully saturated rings. The molecule has 0 heterocycles. The van der Waals surface area contributed by atoms with Crippen molar-refractivity contribution >= 4 is 33.2 Å². The summed E-state index contributed by atoms with van der Waals surface area (Å²) in [5.41, 5.74) is 2.46. The second-order valence-corrected chi connectivity index (χ2v) is 5.94.